The van der Waals surface area contributed by atoms with Crippen molar-refractivity contribution in [1.29, 1.82) is 0 Å². The van der Waals surface area contributed by atoms with Gasteiger partial charge in [0.15, 0.2) is 0 Å². The van der Waals surface area contributed by atoms with Gasteiger partial charge in [-0.15, -0.1) is 0 Å². The fourth-order valence-electron chi connectivity index (χ4n) is 1.91. The van der Waals surface area contributed by atoms with Gasteiger partial charge in [0.2, 0.25) is 0 Å². The first-order chi connectivity index (χ1) is 9.06. The van der Waals surface area contributed by atoms with Gasteiger partial charge in [0.1, 0.15) is 0 Å². The van der Waals surface area contributed by atoms with Gasteiger partial charge in [-0.2, -0.15) is 0 Å². The monoisotopic (exact) mass is 327 g/mol. The standard InChI is InChI=1S/C15H22BrNO2/c1-3-5-6-11(4-2)10-19-15(18)12-7-13(16)9-14(17)8-12/h7-9,11H,3-6,10,17H2,1-2H3. The molecule has 0 spiro atoms. The zero-order valence-corrected chi connectivity index (χ0v) is 13.2. The first-order valence-corrected chi connectivity index (χ1v) is 7.59. The first-order valence-electron chi connectivity index (χ1n) is 6.80. The van der Waals surface area contributed by atoms with Gasteiger partial charge in [-0.1, -0.05) is 49.0 Å². The number of carbonyl (C=O) groups is 1. The Morgan fingerprint density at radius 1 is 1.37 bits per heavy atom. The highest BCUT2D eigenvalue weighted by molar-refractivity contribution is 9.10. The maximum absolute atomic E-state index is 11.9. The predicted octanol–water partition coefficient (Wildman–Crippen LogP) is 4.40. The molecule has 0 fully saturated rings. The van der Waals surface area contributed by atoms with Crippen molar-refractivity contribution in [2.24, 2.45) is 5.92 Å². The van der Waals surface area contributed by atoms with Crippen LogP contribution in [0.4, 0.5) is 5.69 Å². The highest BCUT2D eigenvalue weighted by Crippen LogP contribution is 2.19. The Labute approximate surface area is 123 Å². The predicted molar refractivity (Wildman–Crippen MR) is 82.1 cm³/mol. The summed E-state index contributed by atoms with van der Waals surface area (Å²) in [6.45, 7) is 4.79. The SMILES string of the molecule is CCCCC(CC)COC(=O)c1cc(N)cc(Br)c1. The lowest BCUT2D eigenvalue weighted by atomic mass is 10.0. The zero-order chi connectivity index (χ0) is 14.3. The number of benzene rings is 1. The molecule has 0 aliphatic rings. The van der Waals surface area contributed by atoms with Gasteiger partial charge in [-0.3, -0.25) is 0 Å². The molecular weight excluding hydrogens is 306 g/mol. The van der Waals surface area contributed by atoms with Crippen LogP contribution in [-0.2, 0) is 4.74 Å². The molecule has 0 aliphatic heterocycles. The van der Waals surface area contributed by atoms with Crippen LogP contribution in [0.25, 0.3) is 0 Å². The second kappa shape index (κ2) is 8.20. The summed E-state index contributed by atoms with van der Waals surface area (Å²) in [7, 11) is 0. The van der Waals surface area contributed by atoms with Crippen molar-refractivity contribution in [3.63, 3.8) is 0 Å². The van der Waals surface area contributed by atoms with E-state index in [2.05, 4.69) is 29.8 Å². The Balaban J connectivity index is 2.54. The molecule has 0 amide bonds. The molecule has 1 unspecified atom stereocenters. The largest absolute Gasteiger partial charge is 0.462 e. The van der Waals surface area contributed by atoms with Gasteiger partial charge < -0.3 is 10.5 Å². The summed E-state index contributed by atoms with van der Waals surface area (Å²) in [5.74, 6) is 0.149. The number of hydrogen-bond acceptors (Lipinski definition) is 3. The van der Waals surface area contributed by atoms with E-state index in [4.69, 9.17) is 10.5 Å². The van der Waals surface area contributed by atoms with E-state index < -0.39 is 0 Å². The average Bonchev–Trinajstić information content (AvgIpc) is 2.37. The van der Waals surface area contributed by atoms with Crippen molar-refractivity contribution in [1.82, 2.24) is 0 Å². The molecular formula is C15H22BrNO2. The topological polar surface area (TPSA) is 52.3 Å². The molecule has 0 saturated carbocycles. The minimum atomic E-state index is -0.303. The summed E-state index contributed by atoms with van der Waals surface area (Å²) in [5.41, 5.74) is 6.76. The van der Waals surface area contributed by atoms with Crippen molar-refractivity contribution in [3.8, 4) is 0 Å². The Hall–Kier alpha value is -1.03. The average molecular weight is 328 g/mol. The number of nitrogens with two attached hydrogens (primary N) is 1. The van der Waals surface area contributed by atoms with E-state index in [1.165, 1.54) is 12.8 Å². The number of carbonyl (C=O) groups excluding carboxylic acids is 1. The van der Waals surface area contributed by atoms with Crippen molar-refractivity contribution >= 4 is 27.6 Å². The summed E-state index contributed by atoms with van der Waals surface area (Å²) in [6, 6.07) is 5.12. The maximum atomic E-state index is 11.9. The van der Waals surface area contributed by atoms with E-state index in [1.54, 1.807) is 18.2 Å². The van der Waals surface area contributed by atoms with Gasteiger partial charge in [-0.25, -0.2) is 4.79 Å². The zero-order valence-electron chi connectivity index (χ0n) is 11.6. The van der Waals surface area contributed by atoms with Crippen LogP contribution in [0.2, 0.25) is 0 Å². The minimum absolute atomic E-state index is 0.303. The molecule has 0 saturated heterocycles. The Kier molecular flexibility index (Phi) is 6.92. The number of hydrogen-bond donors (Lipinski definition) is 1. The smallest absolute Gasteiger partial charge is 0.338 e. The summed E-state index contributed by atoms with van der Waals surface area (Å²) in [6.07, 6.45) is 4.50. The van der Waals surface area contributed by atoms with E-state index >= 15 is 0 Å². The molecule has 1 rings (SSSR count). The van der Waals surface area contributed by atoms with Crippen LogP contribution in [-0.4, -0.2) is 12.6 Å². The molecule has 1 atom stereocenters. The Morgan fingerprint density at radius 3 is 2.68 bits per heavy atom. The molecule has 1 aromatic carbocycles. The van der Waals surface area contributed by atoms with Crippen molar-refractivity contribution in [2.75, 3.05) is 12.3 Å². The second-order valence-electron chi connectivity index (χ2n) is 4.79. The first kappa shape index (κ1) is 16.0. The lowest BCUT2D eigenvalue weighted by Crippen LogP contribution is -2.14. The van der Waals surface area contributed by atoms with Crippen LogP contribution in [0.1, 0.15) is 49.9 Å². The van der Waals surface area contributed by atoms with Gasteiger partial charge in [0.05, 0.1) is 12.2 Å². The van der Waals surface area contributed by atoms with Gasteiger partial charge >= 0.3 is 5.97 Å². The Morgan fingerprint density at radius 2 is 2.11 bits per heavy atom. The maximum Gasteiger partial charge on any atom is 0.338 e. The van der Waals surface area contributed by atoms with E-state index in [0.717, 1.165) is 17.3 Å². The lowest BCUT2D eigenvalue weighted by Gasteiger charge is -2.14. The molecule has 2 N–H and O–H groups in total. The lowest BCUT2D eigenvalue weighted by molar-refractivity contribution is 0.0428. The van der Waals surface area contributed by atoms with Crippen molar-refractivity contribution in [2.45, 2.75) is 39.5 Å². The summed E-state index contributed by atoms with van der Waals surface area (Å²) in [4.78, 5) is 11.9. The fraction of sp³-hybridized carbons (Fsp3) is 0.533. The van der Waals surface area contributed by atoms with Crippen LogP contribution >= 0.6 is 15.9 Å². The number of unbranched alkanes of at least 4 members (excludes halogenated alkanes) is 1. The number of esters is 1. The normalized spacial score (nSPS) is 12.2. The molecule has 106 valence electrons. The van der Waals surface area contributed by atoms with E-state index in [0.29, 0.717) is 23.8 Å². The van der Waals surface area contributed by atoms with Gasteiger partial charge in [0.25, 0.3) is 0 Å². The number of nitrogen functional groups attached to an aromatic ring is 1. The molecule has 0 bridgehead atoms. The van der Waals surface area contributed by atoms with E-state index in [1.807, 2.05) is 0 Å². The molecule has 0 radical (unpaired) electrons. The molecule has 0 heterocycles. The number of halogens is 1. The highest BCUT2D eigenvalue weighted by Gasteiger charge is 2.12. The van der Waals surface area contributed by atoms with Crippen LogP contribution in [0.5, 0.6) is 0 Å². The molecule has 1 aromatic rings. The number of ether oxygens (including phenoxy) is 1. The highest BCUT2D eigenvalue weighted by atomic mass is 79.9. The van der Waals surface area contributed by atoms with Crippen molar-refractivity contribution < 1.29 is 9.53 Å². The molecule has 4 heteroatoms. The molecule has 19 heavy (non-hydrogen) atoms. The van der Waals surface area contributed by atoms with Gasteiger partial charge in [0, 0.05) is 10.2 Å². The molecule has 0 aliphatic carbocycles. The number of anilines is 1. The van der Waals surface area contributed by atoms with Crippen molar-refractivity contribution in [3.05, 3.63) is 28.2 Å². The van der Waals surface area contributed by atoms with Crippen LogP contribution in [0.15, 0.2) is 22.7 Å². The summed E-state index contributed by atoms with van der Waals surface area (Å²) < 4.78 is 6.16. The third-order valence-corrected chi connectivity index (χ3v) is 3.61. The summed E-state index contributed by atoms with van der Waals surface area (Å²) in [5, 5.41) is 0. The summed E-state index contributed by atoms with van der Waals surface area (Å²) >= 11 is 3.32. The third-order valence-electron chi connectivity index (χ3n) is 3.15. The molecule has 0 aromatic heterocycles. The Bertz CT molecular complexity index is 400. The second-order valence-corrected chi connectivity index (χ2v) is 5.70. The van der Waals surface area contributed by atoms with E-state index in [9.17, 15) is 4.79 Å². The number of rotatable bonds is 7. The van der Waals surface area contributed by atoms with Gasteiger partial charge in [-0.05, 0) is 30.5 Å². The third kappa shape index (κ3) is 5.64. The minimum Gasteiger partial charge on any atom is -0.462 e. The molecule has 3 nitrogen and oxygen atoms in total. The van der Waals surface area contributed by atoms with Crippen LogP contribution in [0.3, 0.4) is 0 Å². The van der Waals surface area contributed by atoms with Crippen LogP contribution in [0, 0.1) is 5.92 Å². The quantitative estimate of drug-likeness (QED) is 0.596. The fourth-order valence-corrected chi connectivity index (χ4v) is 2.42. The van der Waals surface area contributed by atoms with Crippen LogP contribution < -0.4 is 5.73 Å². The van der Waals surface area contributed by atoms with E-state index in [-0.39, 0.29) is 5.97 Å².